The molecule has 2 rings (SSSR count). The number of nitrogens with one attached hydrogen (secondary N) is 1. The maximum absolute atomic E-state index is 11.1. The van der Waals surface area contributed by atoms with Crippen LogP contribution in [0.2, 0.25) is 0 Å². The first-order valence-corrected chi connectivity index (χ1v) is 6.09. The molecule has 1 aromatic heterocycles. The van der Waals surface area contributed by atoms with Gasteiger partial charge in [-0.2, -0.15) is 0 Å². The summed E-state index contributed by atoms with van der Waals surface area (Å²) in [4.78, 5) is 15.4. The van der Waals surface area contributed by atoms with Crippen molar-refractivity contribution >= 4 is 22.4 Å². The van der Waals surface area contributed by atoms with Gasteiger partial charge in [0, 0.05) is 5.38 Å². The predicted octanol–water partition coefficient (Wildman–Crippen LogP) is 2.09. The standard InChI is InChI=1S/C11H14N2O3S/c1-4-9(14)13-10-12-7(6-17-10)8-5-15-11(2,3)16-8/h4,6,8H,1,5H2,2-3H3,(H,12,13,14). The number of thiazole rings is 1. The van der Waals surface area contributed by atoms with Gasteiger partial charge in [-0.3, -0.25) is 10.1 Å². The van der Waals surface area contributed by atoms with E-state index in [1.54, 1.807) is 0 Å². The van der Waals surface area contributed by atoms with Crippen molar-refractivity contribution in [2.45, 2.75) is 25.7 Å². The number of amides is 1. The molecule has 1 fully saturated rings. The van der Waals surface area contributed by atoms with Gasteiger partial charge in [0.1, 0.15) is 6.10 Å². The van der Waals surface area contributed by atoms with Crippen LogP contribution >= 0.6 is 11.3 Å². The second-order valence-corrected chi connectivity index (χ2v) is 4.95. The Morgan fingerprint density at radius 1 is 1.76 bits per heavy atom. The third-order valence-corrected chi connectivity index (χ3v) is 3.05. The zero-order valence-electron chi connectivity index (χ0n) is 9.73. The first-order chi connectivity index (χ1) is 8.00. The van der Waals surface area contributed by atoms with Crippen LogP contribution in [0.25, 0.3) is 0 Å². The first kappa shape index (κ1) is 12.2. The summed E-state index contributed by atoms with van der Waals surface area (Å²) in [7, 11) is 0. The third kappa shape index (κ3) is 2.91. The first-order valence-electron chi connectivity index (χ1n) is 5.21. The zero-order valence-corrected chi connectivity index (χ0v) is 10.5. The monoisotopic (exact) mass is 254 g/mol. The molecule has 0 saturated carbocycles. The van der Waals surface area contributed by atoms with E-state index in [9.17, 15) is 4.79 Å². The average Bonchev–Trinajstić information content (AvgIpc) is 2.84. The lowest BCUT2D eigenvalue weighted by atomic mass is 10.3. The van der Waals surface area contributed by atoms with Gasteiger partial charge in [0.15, 0.2) is 10.9 Å². The van der Waals surface area contributed by atoms with Gasteiger partial charge in [0.25, 0.3) is 0 Å². The fraction of sp³-hybridized carbons (Fsp3) is 0.455. The van der Waals surface area contributed by atoms with Crippen LogP contribution in [0.1, 0.15) is 25.6 Å². The Balaban J connectivity index is 2.04. The topological polar surface area (TPSA) is 60.5 Å². The summed E-state index contributed by atoms with van der Waals surface area (Å²) in [6.45, 7) is 7.58. The number of ether oxygens (including phenoxy) is 2. The van der Waals surface area contributed by atoms with Gasteiger partial charge in [-0.1, -0.05) is 6.58 Å². The lowest BCUT2D eigenvalue weighted by Crippen LogP contribution is -2.19. The van der Waals surface area contributed by atoms with E-state index in [0.29, 0.717) is 11.7 Å². The highest BCUT2D eigenvalue weighted by molar-refractivity contribution is 7.13. The number of carbonyl (C=O) groups excluding carboxylic acids is 1. The maximum atomic E-state index is 11.1. The molecule has 0 bridgehead atoms. The van der Waals surface area contributed by atoms with Gasteiger partial charge in [-0.25, -0.2) is 4.98 Å². The molecule has 6 heteroatoms. The van der Waals surface area contributed by atoms with Crippen LogP contribution in [0.4, 0.5) is 5.13 Å². The molecule has 1 aromatic rings. The highest BCUT2D eigenvalue weighted by Gasteiger charge is 2.34. The summed E-state index contributed by atoms with van der Waals surface area (Å²) in [5, 5.41) is 5.01. The Kier molecular flexibility index (Phi) is 3.28. The number of aromatic nitrogens is 1. The molecule has 0 spiro atoms. The highest BCUT2D eigenvalue weighted by atomic mass is 32.1. The molecule has 5 nitrogen and oxygen atoms in total. The minimum absolute atomic E-state index is 0.171. The van der Waals surface area contributed by atoms with Gasteiger partial charge in [-0.05, 0) is 19.9 Å². The normalized spacial score (nSPS) is 22.4. The van der Waals surface area contributed by atoms with Crippen LogP contribution < -0.4 is 5.32 Å². The molecule has 1 N–H and O–H groups in total. The Bertz CT molecular complexity index is 442. The molecule has 0 aliphatic carbocycles. The molecule has 17 heavy (non-hydrogen) atoms. The number of hydrogen-bond acceptors (Lipinski definition) is 5. The number of rotatable bonds is 3. The molecule has 1 atom stereocenters. The van der Waals surface area contributed by atoms with E-state index in [2.05, 4.69) is 16.9 Å². The van der Waals surface area contributed by atoms with E-state index in [-0.39, 0.29) is 12.0 Å². The molecule has 1 aliphatic rings. The largest absolute Gasteiger partial charge is 0.347 e. The van der Waals surface area contributed by atoms with Crippen molar-refractivity contribution in [1.82, 2.24) is 4.98 Å². The van der Waals surface area contributed by atoms with Gasteiger partial charge in [0.2, 0.25) is 5.91 Å². The molecule has 0 aromatic carbocycles. The molecule has 0 radical (unpaired) electrons. The quantitative estimate of drug-likeness (QED) is 0.839. The fourth-order valence-corrected chi connectivity index (χ4v) is 2.24. The number of nitrogens with zero attached hydrogens (tertiary/aromatic N) is 1. The van der Waals surface area contributed by atoms with Crippen LogP contribution in [0.5, 0.6) is 0 Å². The predicted molar refractivity (Wildman–Crippen MR) is 64.8 cm³/mol. The van der Waals surface area contributed by atoms with E-state index < -0.39 is 5.79 Å². The summed E-state index contributed by atoms with van der Waals surface area (Å²) in [6, 6.07) is 0. The molecule has 1 aliphatic heterocycles. The summed E-state index contributed by atoms with van der Waals surface area (Å²) in [5.41, 5.74) is 0.778. The van der Waals surface area contributed by atoms with Crippen molar-refractivity contribution in [3.63, 3.8) is 0 Å². The van der Waals surface area contributed by atoms with Crippen LogP contribution in [0, 0.1) is 0 Å². The van der Waals surface area contributed by atoms with Gasteiger partial charge in [0.05, 0.1) is 12.3 Å². The minimum Gasteiger partial charge on any atom is -0.347 e. The molecule has 1 saturated heterocycles. The van der Waals surface area contributed by atoms with Crippen molar-refractivity contribution in [1.29, 1.82) is 0 Å². The highest BCUT2D eigenvalue weighted by Crippen LogP contribution is 2.33. The Labute approximate surface area is 103 Å². The van der Waals surface area contributed by atoms with E-state index in [1.165, 1.54) is 17.4 Å². The van der Waals surface area contributed by atoms with E-state index in [1.807, 2.05) is 19.2 Å². The molecule has 1 unspecified atom stereocenters. The summed E-state index contributed by atoms with van der Waals surface area (Å²) in [6.07, 6.45) is 1.04. The van der Waals surface area contributed by atoms with Crippen molar-refractivity contribution in [3.05, 3.63) is 23.7 Å². The summed E-state index contributed by atoms with van der Waals surface area (Å²) in [5.74, 6) is -0.839. The average molecular weight is 254 g/mol. The van der Waals surface area contributed by atoms with Crippen molar-refractivity contribution < 1.29 is 14.3 Å². The molecular formula is C11H14N2O3S. The van der Waals surface area contributed by atoms with Gasteiger partial charge >= 0.3 is 0 Å². The lowest BCUT2D eigenvalue weighted by molar-refractivity contribution is -0.139. The Hall–Kier alpha value is -1.24. The molecule has 1 amide bonds. The van der Waals surface area contributed by atoms with Crippen LogP contribution in [0.3, 0.4) is 0 Å². The third-order valence-electron chi connectivity index (χ3n) is 2.28. The van der Waals surface area contributed by atoms with E-state index in [4.69, 9.17) is 9.47 Å². The Morgan fingerprint density at radius 2 is 2.53 bits per heavy atom. The molecule has 92 valence electrons. The lowest BCUT2D eigenvalue weighted by Gasteiger charge is -2.16. The summed E-state index contributed by atoms with van der Waals surface area (Å²) < 4.78 is 11.1. The summed E-state index contributed by atoms with van der Waals surface area (Å²) >= 11 is 1.35. The van der Waals surface area contributed by atoms with Crippen molar-refractivity contribution in [2.75, 3.05) is 11.9 Å². The fourth-order valence-electron chi connectivity index (χ4n) is 1.48. The van der Waals surface area contributed by atoms with Gasteiger partial charge in [-0.15, -0.1) is 11.3 Å². The van der Waals surface area contributed by atoms with Gasteiger partial charge < -0.3 is 9.47 Å². The molecule has 2 heterocycles. The van der Waals surface area contributed by atoms with E-state index >= 15 is 0 Å². The van der Waals surface area contributed by atoms with Crippen molar-refractivity contribution in [3.8, 4) is 0 Å². The maximum Gasteiger partial charge on any atom is 0.249 e. The number of carbonyl (C=O) groups is 1. The van der Waals surface area contributed by atoms with E-state index in [0.717, 1.165) is 5.69 Å². The Morgan fingerprint density at radius 3 is 3.12 bits per heavy atom. The van der Waals surface area contributed by atoms with Crippen LogP contribution in [-0.4, -0.2) is 23.3 Å². The second-order valence-electron chi connectivity index (χ2n) is 4.09. The van der Waals surface area contributed by atoms with Crippen LogP contribution in [0.15, 0.2) is 18.0 Å². The smallest absolute Gasteiger partial charge is 0.249 e. The van der Waals surface area contributed by atoms with Crippen molar-refractivity contribution in [2.24, 2.45) is 0 Å². The minimum atomic E-state index is -0.571. The number of anilines is 1. The molecular weight excluding hydrogens is 240 g/mol. The SMILES string of the molecule is C=CC(=O)Nc1nc(C2COC(C)(C)O2)cs1. The second kappa shape index (κ2) is 4.56. The van der Waals surface area contributed by atoms with Crippen LogP contribution in [-0.2, 0) is 14.3 Å². The number of hydrogen-bond donors (Lipinski definition) is 1. The zero-order chi connectivity index (χ0) is 12.5.